The summed E-state index contributed by atoms with van der Waals surface area (Å²) < 4.78 is 6.60. The van der Waals surface area contributed by atoms with Crippen LogP contribution in [-0.4, -0.2) is 48.9 Å². The number of nitrogens with two attached hydrogens (primary N) is 1. The highest BCUT2D eigenvalue weighted by Gasteiger charge is 2.26. The van der Waals surface area contributed by atoms with Gasteiger partial charge in [-0.05, 0) is 35.4 Å². The number of pyridine rings is 1. The number of hydrazine groups is 1. The Hall–Kier alpha value is -3.65. The Morgan fingerprint density at radius 2 is 1.91 bits per heavy atom. The smallest absolute Gasteiger partial charge is 0.269 e. The first-order valence-electron chi connectivity index (χ1n) is 9.92. The summed E-state index contributed by atoms with van der Waals surface area (Å²) in [5.74, 6) is 5.98. The van der Waals surface area contributed by atoms with Crippen LogP contribution in [0.1, 0.15) is 17.3 Å². The summed E-state index contributed by atoms with van der Waals surface area (Å²) in [6.45, 7) is 3.27. The standard InChI is InChI=1S/C21H16Cl2N8O2/c1-2-31-18-14(21(32)27-30-5-3-4-6-30)10-25-15(11-7-12(22)9-13(23)8-11)16(18)26-20(31)17-19(24)29-33-28-17/h7-10H,2,5-6H2,1H3,(H2,24,29)(H,27,32). The molecule has 0 fully saturated rings. The van der Waals surface area contributed by atoms with Gasteiger partial charge < -0.3 is 10.3 Å². The summed E-state index contributed by atoms with van der Waals surface area (Å²) >= 11 is 12.5. The summed E-state index contributed by atoms with van der Waals surface area (Å²) in [4.78, 5) is 22.5. The van der Waals surface area contributed by atoms with Gasteiger partial charge in [0, 0.05) is 28.4 Å². The number of rotatable bonds is 5. The zero-order valence-electron chi connectivity index (χ0n) is 17.3. The molecule has 3 aromatic heterocycles. The quantitative estimate of drug-likeness (QED) is 0.415. The molecule has 4 aromatic rings. The molecule has 0 aliphatic carbocycles. The minimum atomic E-state index is -0.346. The Balaban J connectivity index is 1.75. The maximum atomic E-state index is 13.2. The number of carbonyl (C=O) groups is 1. The fraction of sp³-hybridized carbons (Fsp3) is 0.190. The number of aryl methyl sites for hydroxylation is 1. The van der Waals surface area contributed by atoms with E-state index in [4.69, 9.17) is 38.5 Å². The lowest BCUT2D eigenvalue weighted by Crippen LogP contribution is -2.41. The highest BCUT2D eigenvalue weighted by atomic mass is 35.5. The molecule has 166 valence electrons. The van der Waals surface area contributed by atoms with Gasteiger partial charge in [0.2, 0.25) is 0 Å². The van der Waals surface area contributed by atoms with Gasteiger partial charge >= 0.3 is 0 Å². The number of benzene rings is 1. The minimum Gasteiger partial charge on any atom is -0.379 e. The predicted octanol–water partition coefficient (Wildman–Crippen LogP) is 3.02. The zero-order chi connectivity index (χ0) is 23.1. The summed E-state index contributed by atoms with van der Waals surface area (Å²) in [5, 5.41) is 10.1. The summed E-state index contributed by atoms with van der Waals surface area (Å²) in [5.41, 5.74) is 11.5. The second-order valence-electron chi connectivity index (χ2n) is 7.20. The van der Waals surface area contributed by atoms with Crippen LogP contribution in [0.3, 0.4) is 0 Å². The normalized spacial score (nSPS) is 13.3. The first-order chi connectivity index (χ1) is 16.0. The van der Waals surface area contributed by atoms with E-state index < -0.39 is 0 Å². The maximum Gasteiger partial charge on any atom is 0.269 e. The molecule has 0 radical (unpaired) electrons. The first-order valence-corrected chi connectivity index (χ1v) is 10.7. The Kier molecular flexibility index (Phi) is 5.38. The highest BCUT2D eigenvalue weighted by molar-refractivity contribution is 6.35. The summed E-state index contributed by atoms with van der Waals surface area (Å²) in [6, 6.07) is 5.09. The van der Waals surface area contributed by atoms with Crippen molar-refractivity contribution in [1.29, 1.82) is 0 Å². The van der Waals surface area contributed by atoms with Crippen LogP contribution in [0.4, 0.5) is 5.82 Å². The minimum absolute atomic E-state index is 0.0838. The number of nitrogens with one attached hydrogen (secondary N) is 1. The number of imidazole rings is 1. The summed E-state index contributed by atoms with van der Waals surface area (Å²) in [6.07, 6.45) is 1.50. The molecular formula is C21H16Cl2N8O2. The molecule has 33 heavy (non-hydrogen) atoms. The van der Waals surface area contributed by atoms with Crippen LogP contribution in [0.25, 0.3) is 33.8 Å². The van der Waals surface area contributed by atoms with Crippen molar-refractivity contribution < 1.29 is 9.42 Å². The zero-order valence-corrected chi connectivity index (χ0v) is 18.8. The number of aromatic nitrogens is 5. The number of hydrogen-bond donors (Lipinski definition) is 2. The number of anilines is 1. The van der Waals surface area contributed by atoms with E-state index in [-0.39, 0.29) is 17.4 Å². The van der Waals surface area contributed by atoms with Crippen molar-refractivity contribution in [2.24, 2.45) is 0 Å². The molecule has 4 heterocycles. The lowest BCUT2D eigenvalue weighted by molar-refractivity contribution is 0.0835. The third kappa shape index (κ3) is 3.76. The van der Waals surface area contributed by atoms with Gasteiger partial charge in [-0.1, -0.05) is 35.0 Å². The van der Waals surface area contributed by atoms with Crippen molar-refractivity contribution in [3.8, 4) is 34.6 Å². The SMILES string of the molecule is CCn1c(-c2nonc2N)nc2c(-c3cc(Cl)cc(Cl)c3)ncc(C(=O)NN3CC#CC3)c21. The van der Waals surface area contributed by atoms with Gasteiger partial charge in [0.05, 0.1) is 29.9 Å². The predicted molar refractivity (Wildman–Crippen MR) is 123 cm³/mol. The van der Waals surface area contributed by atoms with E-state index in [1.165, 1.54) is 6.20 Å². The fourth-order valence-electron chi connectivity index (χ4n) is 3.69. The van der Waals surface area contributed by atoms with Gasteiger partial charge in [-0.3, -0.25) is 15.2 Å². The monoisotopic (exact) mass is 482 g/mol. The van der Waals surface area contributed by atoms with E-state index in [1.54, 1.807) is 23.2 Å². The van der Waals surface area contributed by atoms with Crippen molar-refractivity contribution in [3.05, 3.63) is 40.0 Å². The van der Waals surface area contributed by atoms with Gasteiger partial charge in [0.1, 0.15) is 5.52 Å². The van der Waals surface area contributed by atoms with Crippen molar-refractivity contribution >= 4 is 46.0 Å². The van der Waals surface area contributed by atoms with Crippen LogP contribution in [0.5, 0.6) is 0 Å². The second kappa shape index (κ2) is 8.37. The van der Waals surface area contributed by atoms with Crippen molar-refractivity contribution in [3.63, 3.8) is 0 Å². The summed E-state index contributed by atoms with van der Waals surface area (Å²) in [7, 11) is 0. The van der Waals surface area contributed by atoms with Crippen LogP contribution in [0, 0.1) is 11.8 Å². The molecule has 0 atom stereocenters. The molecular weight excluding hydrogens is 467 g/mol. The van der Waals surface area contributed by atoms with Gasteiger partial charge in [0.25, 0.3) is 5.91 Å². The number of amides is 1. The largest absolute Gasteiger partial charge is 0.379 e. The van der Waals surface area contributed by atoms with Gasteiger partial charge in [-0.15, -0.1) is 0 Å². The maximum absolute atomic E-state index is 13.2. The Morgan fingerprint density at radius 1 is 1.18 bits per heavy atom. The third-order valence-corrected chi connectivity index (χ3v) is 5.55. The van der Waals surface area contributed by atoms with E-state index in [0.29, 0.717) is 63.4 Å². The number of fused-ring (bicyclic) bond motifs is 1. The molecule has 1 aromatic carbocycles. The Labute approximate surface area is 197 Å². The highest BCUT2D eigenvalue weighted by Crippen LogP contribution is 2.35. The van der Waals surface area contributed by atoms with E-state index in [2.05, 4.69) is 32.6 Å². The Morgan fingerprint density at radius 3 is 2.55 bits per heavy atom. The van der Waals surface area contributed by atoms with E-state index in [0.717, 1.165) is 0 Å². The number of hydrogen-bond acceptors (Lipinski definition) is 8. The fourth-order valence-corrected chi connectivity index (χ4v) is 4.22. The average molecular weight is 483 g/mol. The van der Waals surface area contributed by atoms with Crippen LogP contribution < -0.4 is 11.2 Å². The van der Waals surface area contributed by atoms with Crippen LogP contribution in [0.15, 0.2) is 29.0 Å². The lowest BCUT2D eigenvalue weighted by atomic mass is 10.1. The van der Waals surface area contributed by atoms with Gasteiger partial charge in [-0.2, -0.15) is 5.01 Å². The molecule has 0 bridgehead atoms. The molecule has 5 rings (SSSR count). The van der Waals surface area contributed by atoms with Crippen molar-refractivity contribution in [2.75, 3.05) is 18.8 Å². The molecule has 3 N–H and O–H groups in total. The molecule has 0 unspecified atom stereocenters. The Bertz CT molecular complexity index is 1440. The third-order valence-electron chi connectivity index (χ3n) is 5.12. The number of carbonyl (C=O) groups excluding carboxylic acids is 1. The first kappa shape index (κ1) is 21.2. The van der Waals surface area contributed by atoms with E-state index in [1.807, 2.05) is 11.5 Å². The molecule has 0 spiro atoms. The number of halogens is 2. The average Bonchev–Trinajstić information content (AvgIpc) is 3.51. The van der Waals surface area contributed by atoms with Crippen molar-refractivity contribution in [2.45, 2.75) is 13.5 Å². The number of nitrogen functional groups attached to an aromatic ring is 1. The molecule has 0 saturated heterocycles. The molecule has 0 saturated carbocycles. The van der Waals surface area contributed by atoms with Crippen molar-refractivity contribution in [1.82, 2.24) is 35.3 Å². The van der Waals surface area contributed by atoms with E-state index in [9.17, 15) is 4.79 Å². The lowest BCUT2D eigenvalue weighted by Gasteiger charge is -2.16. The molecule has 10 nitrogen and oxygen atoms in total. The van der Waals surface area contributed by atoms with Crippen LogP contribution in [0.2, 0.25) is 10.0 Å². The van der Waals surface area contributed by atoms with E-state index >= 15 is 0 Å². The molecule has 1 aliphatic rings. The van der Waals surface area contributed by atoms with Gasteiger partial charge in [-0.25, -0.2) is 9.61 Å². The number of nitrogens with zero attached hydrogens (tertiary/aromatic N) is 6. The molecule has 12 heteroatoms. The molecule has 1 amide bonds. The second-order valence-corrected chi connectivity index (χ2v) is 8.08. The van der Waals surface area contributed by atoms with Gasteiger partial charge in [0.15, 0.2) is 17.3 Å². The van der Waals surface area contributed by atoms with Crippen LogP contribution >= 0.6 is 23.2 Å². The topological polar surface area (TPSA) is 128 Å². The van der Waals surface area contributed by atoms with Crippen LogP contribution in [-0.2, 0) is 6.54 Å². The molecule has 1 aliphatic heterocycles.